The predicted octanol–water partition coefficient (Wildman–Crippen LogP) is 3.19. The van der Waals surface area contributed by atoms with E-state index in [9.17, 15) is 0 Å². The van der Waals surface area contributed by atoms with Crippen LogP contribution in [-0.4, -0.2) is 22.3 Å². The summed E-state index contributed by atoms with van der Waals surface area (Å²) in [6.07, 6.45) is 3.88. The van der Waals surface area contributed by atoms with Gasteiger partial charge in [0.1, 0.15) is 0 Å². The fourth-order valence-electron chi connectivity index (χ4n) is 2.26. The van der Waals surface area contributed by atoms with Crippen molar-refractivity contribution in [3.05, 3.63) is 70.7 Å². The summed E-state index contributed by atoms with van der Waals surface area (Å²) < 4.78 is 1.87. The lowest BCUT2D eigenvalue weighted by molar-refractivity contribution is 0.823. The van der Waals surface area contributed by atoms with Gasteiger partial charge in [-0.05, 0) is 30.5 Å². The Hall–Kier alpha value is -2.60. The second-order valence-corrected chi connectivity index (χ2v) is 6.29. The van der Waals surface area contributed by atoms with E-state index in [1.54, 1.807) is 11.3 Å². The number of hydrogen-bond donors (Lipinski definition) is 2. The van der Waals surface area contributed by atoms with Crippen LogP contribution in [0.5, 0.6) is 0 Å². The molecule has 5 nitrogen and oxygen atoms in total. The zero-order valence-corrected chi connectivity index (χ0v) is 14.5. The minimum absolute atomic E-state index is 0.590. The molecule has 0 aliphatic carbocycles. The Bertz CT molecular complexity index is 762. The summed E-state index contributed by atoms with van der Waals surface area (Å²) in [5, 5.41) is 13.1. The van der Waals surface area contributed by atoms with Crippen LogP contribution in [0.25, 0.3) is 5.69 Å². The molecule has 3 aromatic rings. The lowest BCUT2D eigenvalue weighted by Gasteiger charge is -2.10. The zero-order chi connectivity index (χ0) is 16.6. The van der Waals surface area contributed by atoms with Gasteiger partial charge in [0, 0.05) is 23.2 Å². The minimum atomic E-state index is 0.590. The molecule has 0 amide bonds. The summed E-state index contributed by atoms with van der Waals surface area (Å²) in [6, 6.07) is 14.3. The summed E-state index contributed by atoms with van der Waals surface area (Å²) >= 11 is 1.74. The van der Waals surface area contributed by atoms with Crippen LogP contribution in [0.3, 0.4) is 0 Å². The monoisotopic (exact) mass is 339 g/mol. The number of aliphatic imine (C=N–C) groups is 1. The lowest BCUT2D eigenvalue weighted by atomic mass is 10.3. The lowest BCUT2D eigenvalue weighted by Crippen LogP contribution is -2.36. The number of rotatable bonds is 6. The molecule has 0 saturated heterocycles. The number of aromatic nitrogens is 2. The van der Waals surface area contributed by atoms with E-state index in [0.717, 1.165) is 30.3 Å². The highest BCUT2D eigenvalue weighted by molar-refractivity contribution is 7.09. The van der Waals surface area contributed by atoms with Crippen LogP contribution in [0.2, 0.25) is 0 Å². The van der Waals surface area contributed by atoms with E-state index in [1.165, 1.54) is 4.88 Å². The predicted molar refractivity (Wildman–Crippen MR) is 99.5 cm³/mol. The second-order valence-electron chi connectivity index (χ2n) is 5.26. The number of hydrogen-bond acceptors (Lipinski definition) is 3. The van der Waals surface area contributed by atoms with Gasteiger partial charge >= 0.3 is 0 Å². The van der Waals surface area contributed by atoms with Crippen LogP contribution in [0, 0.1) is 0 Å². The van der Waals surface area contributed by atoms with Crippen molar-refractivity contribution < 1.29 is 0 Å². The third-order valence-corrected chi connectivity index (χ3v) is 4.31. The number of benzene rings is 1. The standard InChI is InChI=1S/C18H21N5S/c1-2-19-18(21-13-17-9-6-10-24-17)20-11-15-12-22-23(14-15)16-7-4-3-5-8-16/h3-10,12,14H,2,11,13H2,1H3,(H2,19,20,21). The van der Waals surface area contributed by atoms with Crippen LogP contribution in [0.1, 0.15) is 17.4 Å². The number of guanidine groups is 1. The molecule has 0 unspecified atom stereocenters. The van der Waals surface area contributed by atoms with Crippen molar-refractivity contribution in [1.29, 1.82) is 0 Å². The summed E-state index contributed by atoms with van der Waals surface area (Å²) in [6.45, 7) is 4.27. The first-order valence-corrected chi connectivity index (χ1v) is 8.86. The minimum Gasteiger partial charge on any atom is -0.357 e. The van der Waals surface area contributed by atoms with Gasteiger partial charge in [-0.3, -0.25) is 0 Å². The summed E-state index contributed by atoms with van der Waals surface area (Å²) in [5.41, 5.74) is 2.13. The molecular weight excluding hydrogens is 318 g/mol. The molecule has 0 saturated carbocycles. The second kappa shape index (κ2) is 8.31. The van der Waals surface area contributed by atoms with Crippen molar-refractivity contribution in [1.82, 2.24) is 20.4 Å². The van der Waals surface area contributed by atoms with Gasteiger partial charge in [-0.15, -0.1) is 11.3 Å². The molecule has 124 valence electrons. The van der Waals surface area contributed by atoms with Gasteiger partial charge in [-0.2, -0.15) is 5.10 Å². The van der Waals surface area contributed by atoms with Crippen molar-refractivity contribution >= 4 is 17.3 Å². The van der Waals surface area contributed by atoms with Crippen LogP contribution in [0.15, 0.2) is 65.2 Å². The molecule has 1 aromatic carbocycles. The number of thiophene rings is 1. The van der Waals surface area contributed by atoms with Crippen molar-refractivity contribution in [3.8, 4) is 5.69 Å². The van der Waals surface area contributed by atoms with Crippen LogP contribution in [-0.2, 0) is 13.1 Å². The molecule has 2 N–H and O–H groups in total. The van der Waals surface area contributed by atoms with Gasteiger partial charge in [-0.25, -0.2) is 9.67 Å². The third-order valence-electron chi connectivity index (χ3n) is 3.43. The quantitative estimate of drug-likeness (QED) is 0.536. The summed E-state index contributed by atoms with van der Waals surface area (Å²) in [4.78, 5) is 5.93. The molecule has 6 heteroatoms. The summed E-state index contributed by atoms with van der Waals surface area (Å²) in [5.74, 6) is 0.818. The molecular formula is C18H21N5S. The van der Waals surface area contributed by atoms with E-state index < -0.39 is 0 Å². The average Bonchev–Trinajstić information content (AvgIpc) is 3.30. The first kappa shape index (κ1) is 16.3. The molecule has 0 fully saturated rings. The molecule has 0 bridgehead atoms. The van der Waals surface area contributed by atoms with Crippen molar-refractivity contribution in [2.75, 3.05) is 6.54 Å². The molecule has 24 heavy (non-hydrogen) atoms. The highest BCUT2D eigenvalue weighted by atomic mass is 32.1. The highest BCUT2D eigenvalue weighted by Crippen LogP contribution is 2.09. The Morgan fingerprint density at radius 3 is 2.79 bits per heavy atom. The smallest absolute Gasteiger partial charge is 0.191 e. The molecule has 3 rings (SSSR count). The van der Waals surface area contributed by atoms with E-state index >= 15 is 0 Å². The zero-order valence-electron chi connectivity index (χ0n) is 13.6. The highest BCUT2D eigenvalue weighted by Gasteiger charge is 2.02. The molecule has 0 aliphatic rings. The Balaban J connectivity index is 1.62. The van der Waals surface area contributed by atoms with Crippen molar-refractivity contribution in [2.24, 2.45) is 4.99 Å². The van der Waals surface area contributed by atoms with E-state index in [1.807, 2.05) is 47.4 Å². The largest absolute Gasteiger partial charge is 0.357 e. The van der Waals surface area contributed by atoms with Crippen LogP contribution >= 0.6 is 11.3 Å². The van der Waals surface area contributed by atoms with Gasteiger partial charge in [0.2, 0.25) is 0 Å². The number of para-hydroxylation sites is 1. The fourth-order valence-corrected chi connectivity index (χ4v) is 2.90. The van der Waals surface area contributed by atoms with Gasteiger partial charge in [0.25, 0.3) is 0 Å². The van der Waals surface area contributed by atoms with E-state index in [-0.39, 0.29) is 0 Å². The SMILES string of the molecule is CCNC(=NCc1cnn(-c2ccccc2)c1)NCc1cccs1. The van der Waals surface area contributed by atoms with Gasteiger partial charge in [0.05, 0.1) is 25.0 Å². The third kappa shape index (κ3) is 4.45. The Kier molecular flexibility index (Phi) is 5.63. The molecule has 2 aromatic heterocycles. The topological polar surface area (TPSA) is 54.2 Å². The van der Waals surface area contributed by atoms with Gasteiger partial charge in [0.15, 0.2) is 5.96 Å². The molecule has 0 atom stereocenters. The molecule has 0 spiro atoms. The Morgan fingerprint density at radius 1 is 1.17 bits per heavy atom. The molecule has 2 heterocycles. The van der Waals surface area contributed by atoms with Crippen LogP contribution < -0.4 is 10.6 Å². The van der Waals surface area contributed by atoms with Gasteiger partial charge < -0.3 is 10.6 Å². The summed E-state index contributed by atoms with van der Waals surface area (Å²) in [7, 11) is 0. The van der Waals surface area contributed by atoms with E-state index in [4.69, 9.17) is 0 Å². The first-order valence-electron chi connectivity index (χ1n) is 7.98. The number of nitrogens with zero attached hydrogens (tertiary/aromatic N) is 3. The fraction of sp³-hybridized carbons (Fsp3) is 0.222. The van der Waals surface area contributed by atoms with Crippen molar-refractivity contribution in [2.45, 2.75) is 20.0 Å². The van der Waals surface area contributed by atoms with Crippen molar-refractivity contribution in [3.63, 3.8) is 0 Å². The maximum Gasteiger partial charge on any atom is 0.191 e. The molecule has 0 aliphatic heterocycles. The number of nitrogens with one attached hydrogen (secondary N) is 2. The molecule has 0 radical (unpaired) electrons. The average molecular weight is 339 g/mol. The van der Waals surface area contributed by atoms with Gasteiger partial charge in [-0.1, -0.05) is 24.3 Å². The van der Waals surface area contributed by atoms with E-state index in [2.05, 4.69) is 45.2 Å². The maximum atomic E-state index is 4.64. The first-order chi connectivity index (χ1) is 11.8. The Labute approximate surface area is 146 Å². The maximum absolute atomic E-state index is 4.64. The normalized spacial score (nSPS) is 11.5. The Morgan fingerprint density at radius 2 is 2.04 bits per heavy atom. The van der Waals surface area contributed by atoms with Crippen LogP contribution in [0.4, 0.5) is 0 Å². The van der Waals surface area contributed by atoms with E-state index in [0.29, 0.717) is 6.54 Å².